The second-order valence-corrected chi connectivity index (χ2v) is 12.4. The average Bonchev–Trinajstić information content (AvgIpc) is 2.47. The van der Waals surface area contributed by atoms with Crippen LogP contribution in [0.5, 0.6) is 5.75 Å². The topological polar surface area (TPSA) is 70.4 Å². The molecule has 0 radical (unpaired) electrons. The molecule has 0 atom stereocenters. The number of benzene rings is 1. The third-order valence-corrected chi connectivity index (χ3v) is 5.08. The van der Waals surface area contributed by atoms with Crippen LogP contribution in [0.3, 0.4) is 0 Å². The number of hydrogen-bond donors (Lipinski definition) is 0. The first kappa shape index (κ1) is 18.3. The summed E-state index contributed by atoms with van der Waals surface area (Å²) in [5.74, 6) is -1.84. The normalized spacial score (nSPS) is 11.7. The maximum absolute atomic E-state index is 14.4. The third kappa shape index (κ3) is 4.48. The minimum Gasteiger partial charge on any atom is -0.424 e. The van der Waals surface area contributed by atoms with Crippen LogP contribution < -0.4 is 10.3 Å². The molecule has 1 aromatic carbocycles. The monoisotopic (exact) mass is 352 g/mol. The van der Waals surface area contributed by atoms with Crippen molar-refractivity contribution in [3.8, 4) is 5.75 Å². The molecule has 0 saturated carbocycles. The molecule has 0 bridgehead atoms. The summed E-state index contributed by atoms with van der Waals surface area (Å²) in [6.07, 6.45) is 1.32. The molecular formula is C16H21FN2O4Si. The first-order chi connectivity index (χ1) is 11.2. The number of esters is 1. The number of hydrogen-bond acceptors (Lipinski definition) is 5. The van der Waals surface area contributed by atoms with Gasteiger partial charge < -0.3 is 9.47 Å². The zero-order chi connectivity index (χ0) is 17.9. The van der Waals surface area contributed by atoms with Gasteiger partial charge >= 0.3 is 5.97 Å². The Morgan fingerprint density at radius 2 is 2.04 bits per heavy atom. The standard InChI is InChI=1S/C16H21FN2O4Si/c1-11(20)23-13-6-5-12-14(15(13)17)16(21)19(9-18-12)10-22-7-8-24(2,3)4/h5-6,9H,7-8,10H2,1-4H3. The molecular weight excluding hydrogens is 331 g/mol. The van der Waals surface area contributed by atoms with Gasteiger partial charge in [0.2, 0.25) is 0 Å². The van der Waals surface area contributed by atoms with E-state index in [1.54, 1.807) is 0 Å². The Kier molecular flexibility index (Phi) is 5.50. The molecule has 2 rings (SSSR count). The van der Waals surface area contributed by atoms with Gasteiger partial charge in [0.05, 0.1) is 5.52 Å². The van der Waals surface area contributed by atoms with E-state index in [0.717, 1.165) is 13.0 Å². The van der Waals surface area contributed by atoms with E-state index < -0.39 is 25.4 Å². The molecule has 0 saturated heterocycles. The highest BCUT2D eigenvalue weighted by atomic mass is 28.3. The smallest absolute Gasteiger partial charge is 0.308 e. The maximum Gasteiger partial charge on any atom is 0.308 e. The molecule has 0 aliphatic carbocycles. The Morgan fingerprint density at radius 1 is 1.33 bits per heavy atom. The molecule has 6 nitrogen and oxygen atoms in total. The number of carbonyl (C=O) groups is 1. The first-order valence-electron chi connectivity index (χ1n) is 7.63. The lowest BCUT2D eigenvalue weighted by molar-refractivity contribution is -0.132. The fourth-order valence-corrected chi connectivity index (χ4v) is 2.81. The van der Waals surface area contributed by atoms with E-state index in [0.29, 0.717) is 6.61 Å². The van der Waals surface area contributed by atoms with Crippen molar-refractivity contribution in [1.82, 2.24) is 9.55 Å². The van der Waals surface area contributed by atoms with Crippen molar-refractivity contribution in [2.75, 3.05) is 6.61 Å². The van der Waals surface area contributed by atoms with Gasteiger partial charge in [0.25, 0.3) is 5.56 Å². The lowest BCUT2D eigenvalue weighted by Crippen LogP contribution is -2.25. The van der Waals surface area contributed by atoms with Crippen LogP contribution in [0.4, 0.5) is 4.39 Å². The molecule has 0 amide bonds. The number of rotatable bonds is 6. The van der Waals surface area contributed by atoms with Crippen LogP contribution in [-0.2, 0) is 16.3 Å². The van der Waals surface area contributed by atoms with Gasteiger partial charge in [0.1, 0.15) is 18.4 Å². The van der Waals surface area contributed by atoms with Crippen molar-refractivity contribution in [3.63, 3.8) is 0 Å². The number of halogens is 1. The Bertz CT molecular complexity index is 814. The lowest BCUT2D eigenvalue weighted by atomic mass is 10.2. The number of ether oxygens (including phenoxy) is 2. The van der Waals surface area contributed by atoms with Gasteiger partial charge in [-0.05, 0) is 18.2 Å². The number of fused-ring (bicyclic) bond motifs is 1. The number of carbonyl (C=O) groups excluding carboxylic acids is 1. The molecule has 1 aromatic heterocycles. The summed E-state index contributed by atoms with van der Waals surface area (Å²) in [5, 5.41) is -0.218. The quantitative estimate of drug-likeness (QED) is 0.346. The number of nitrogens with zero attached hydrogens (tertiary/aromatic N) is 2. The Hall–Kier alpha value is -2.06. The minimum atomic E-state index is -1.22. The SMILES string of the molecule is CC(=O)Oc1ccc2ncn(COCC[Si](C)(C)C)c(=O)c2c1F. The minimum absolute atomic E-state index is 0.00346. The first-order valence-corrected chi connectivity index (χ1v) is 11.3. The summed E-state index contributed by atoms with van der Waals surface area (Å²) in [6, 6.07) is 3.68. The largest absolute Gasteiger partial charge is 0.424 e. The van der Waals surface area contributed by atoms with E-state index in [1.807, 2.05) is 0 Å². The predicted molar refractivity (Wildman–Crippen MR) is 91.4 cm³/mol. The van der Waals surface area contributed by atoms with Crippen LogP contribution in [0.2, 0.25) is 25.7 Å². The average molecular weight is 352 g/mol. The van der Waals surface area contributed by atoms with E-state index in [-0.39, 0.29) is 23.4 Å². The predicted octanol–water partition coefficient (Wildman–Crippen LogP) is 2.77. The van der Waals surface area contributed by atoms with Gasteiger partial charge in [-0.1, -0.05) is 19.6 Å². The van der Waals surface area contributed by atoms with Gasteiger partial charge in [0.15, 0.2) is 11.6 Å². The van der Waals surface area contributed by atoms with Crippen molar-refractivity contribution >= 4 is 24.9 Å². The van der Waals surface area contributed by atoms with Crippen molar-refractivity contribution in [1.29, 1.82) is 0 Å². The van der Waals surface area contributed by atoms with Gasteiger partial charge in [0, 0.05) is 21.6 Å². The summed E-state index contributed by atoms with van der Waals surface area (Å²) in [5.41, 5.74) is -0.369. The van der Waals surface area contributed by atoms with Crippen LogP contribution >= 0.6 is 0 Å². The number of aromatic nitrogens is 2. The molecule has 0 aliphatic heterocycles. The molecule has 0 spiro atoms. The third-order valence-electron chi connectivity index (χ3n) is 3.38. The summed E-state index contributed by atoms with van der Waals surface area (Å²) in [6.45, 7) is 8.39. The summed E-state index contributed by atoms with van der Waals surface area (Å²) >= 11 is 0. The van der Waals surface area contributed by atoms with Crippen LogP contribution in [0.1, 0.15) is 6.92 Å². The molecule has 0 aliphatic rings. The fourth-order valence-electron chi connectivity index (χ4n) is 2.05. The summed E-state index contributed by atoms with van der Waals surface area (Å²) in [4.78, 5) is 27.5. The highest BCUT2D eigenvalue weighted by Crippen LogP contribution is 2.23. The zero-order valence-electron chi connectivity index (χ0n) is 14.3. The molecule has 1 heterocycles. The molecule has 24 heavy (non-hydrogen) atoms. The molecule has 130 valence electrons. The van der Waals surface area contributed by atoms with Gasteiger partial charge in [-0.15, -0.1) is 0 Å². The van der Waals surface area contributed by atoms with Crippen molar-refractivity contribution in [3.05, 3.63) is 34.6 Å². The van der Waals surface area contributed by atoms with E-state index in [9.17, 15) is 14.0 Å². The second kappa shape index (κ2) is 7.23. The molecule has 0 unspecified atom stereocenters. The van der Waals surface area contributed by atoms with Crippen LogP contribution in [-0.4, -0.2) is 30.2 Å². The summed E-state index contributed by atoms with van der Waals surface area (Å²) in [7, 11) is -1.22. The Balaban J connectivity index is 2.27. The van der Waals surface area contributed by atoms with Crippen molar-refractivity contribution < 1.29 is 18.7 Å². The van der Waals surface area contributed by atoms with Gasteiger partial charge in [-0.3, -0.25) is 14.2 Å². The lowest BCUT2D eigenvalue weighted by Gasteiger charge is -2.15. The second-order valence-electron chi connectivity index (χ2n) is 6.73. The molecule has 0 fully saturated rings. The van der Waals surface area contributed by atoms with Crippen LogP contribution in [0.15, 0.2) is 23.3 Å². The fraction of sp³-hybridized carbons (Fsp3) is 0.438. The molecule has 2 aromatic rings. The highest BCUT2D eigenvalue weighted by Gasteiger charge is 2.16. The van der Waals surface area contributed by atoms with Gasteiger partial charge in [-0.2, -0.15) is 0 Å². The highest BCUT2D eigenvalue weighted by molar-refractivity contribution is 6.76. The molecule has 0 N–H and O–H groups in total. The molecule has 8 heteroatoms. The van der Waals surface area contributed by atoms with Crippen LogP contribution in [0.25, 0.3) is 10.9 Å². The van der Waals surface area contributed by atoms with E-state index in [1.165, 1.54) is 23.0 Å². The van der Waals surface area contributed by atoms with Crippen LogP contribution in [0, 0.1) is 5.82 Å². The zero-order valence-corrected chi connectivity index (χ0v) is 15.3. The Morgan fingerprint density at radius 3 is 2.67 bits per heavy atom. The van der Waals surface area contributed by atoms with E-state index in [2.05, 4.69) is 24.6 Å². The van der Waals surface area contributed by atoms with Crippen molar-refractivity contribution in [2.45, 2.75) is 39.3 Å². The summed E-state index contributed by atoms with van der Waals surface area (Å²) < 4.78 is 25.9. The van der Waals surface area contributed by atoms with E-state index >= 15 is 0 Å². The Labute approximate surface area is 140 Å². The van der Waals surface area contributed by atoms with Gasteiger partial charge in [-0.25, -0.2) is 9.37 Å². The van der Waals surface area contributed by atoms with E-state index in [4.69, 9.17) is 9.47 Å². The maximum atomic E-state index is 14.4. The van der Waals surface area contributed by atoms with Crippen molar-refractivity contribution in [2.24, 2.45) is 0 Å².